The van der Waals surface area contributed by atoms with E-state index >= 15 is 0 Å². The Morgan fingerprint density at radius 3 is 2.69 bits per heavy atom. The van der Waals surface area contributed by atoms with Crippen LogP contribution in [0.15, 0.2) is 18.2 Å². The zero-order chi connectivity index (χ0) is 12.2. The molecule has 0 saturated carbocycles. The number of hydrogen-bond acceptors (Lipinski definition) is 3. The van der Waals surface area contributed by atoms with Crippen LogP contribution in [0, 0.1) is 11.2 Å². The van der Waals surface area contributed by atoms with Gasteiger partial charge >= 0.3 is 0 Å². The molecule has 0 aromatic heterocycles. The van der Waals surface area contributed by atoms with Gasteiger partial charge in [-0.05, 0) is 24.1 Å². The fourth-order valence-electron chi connectivity index (χ4n) is 1.23. The SMILES string of the molecule is COc1ccc(F)cc1NCC(C)(C)CN. The molecule has 4 heteroatoms. The molecule has 0 fully saturated rings. The molecule has 0 saturated heterocycles. The minimum Gasteiger partial charge on any atom is -0.495 e. The molecule has 0 spiro atoms. The van der Waals surface area contributed by atoms with Gasteiger partial charge in [0, 0.05) is 12.6 Å². The van der Waals surface area contributed by atoms with E-state index in [2.05, 4.69) is 5.32 Å². The van der Waals surface area contributed by atoms with E-state index in [-0.39, 0.29) is 11.2 Å². The average Bonchev–Trinajstić information content (AvgIpc) is 2.27. The lowest BCUT2D eigenvalue weighted by molar-refractivity contribution is 0.399. The second-order valence-electron chi connectivity index (χ2n) is 4.57. The highest BCUT2D eigenvalue weighted by molar-refractivity contribution is 5.56. The summed E-state index contributed by atoms with van der Waals surface area (Å²) in [4.78, 5) is 0. The van der Waals surface area contributed by atoms with Gasteiger partial charge in [-0.1, -0.05) is 13.8 Å². The maximum absolute atomic E-state index is 13.1. The lowest BCUT2D eigenvalue weighted by atomic mass is 9.94. The number of nitrogens with one attached hydrogen (secondary N) is 1. The predicted octanol–water partition coefficient (Wildman–Crippen LogP) is 2.23. The zero-order valence-corrected chi connectivity index (χ0v) is 10.0. The van der Waals surface area contributed by atoms with Crippen LogP contribution < -0.4 is 15.8 Å². The van der Waals surface area contributed by atoms with Crippen molar-refractivity contribution in [3.05, 3.63) is 24.0 Å². The normalized spacial score (nSPS) is 11.3. The third-order valence-electron chi connectivity index (χ3n) is 2.47. The Morgan fingerprint density at radius 2 is 2.12 bits per heavy atom. The molecule has 16 heavy (non-hydrogen) atoms. The molecule has 3 nitrogen and oxygen atoms in total. The first-order valence-electron chi connectivity index (χ1n) is 5.26. The number of methoxy groups -OCH3 is 1. The van der Waals surface area contributed by atoms with Crippen LogP contribution in [0.5, 0.6) is 5.75 Å². The topological polar surface area (TPSA) is 47.3 Å². The molecule has 0 unspecified atom stereocenters. The third kappa shape index (κ3) is 3.38. The van der Waals surface area contributed by atoms with Gasteiger partial charge in [-0.2, -0.15) is 0 Å². The summed E-state index contributed by atoms with van der Waals surface area (Å²) in [6.45, 7) is 5.33. The van der Waals surface area contributed by atoms with E-state index in [1.165, 1.54) is 12.1 Å². The quantitative estimate of drug-likeness (QED) is 0.809. The van der Waals surface area contributed by atoms with E-state index in [0.717, 1.165) is 0 Å². The van der Waals surface area contributed by atoms with E-state index in [1.807, 2.05) is 13.8 Å². The average molecular weight is 226 g/mol. The second kappa shape index (κ2) is 5.16. The summed E-state index contributed by atoms with van der Waals surface area (Å²) >= 11 is 0. The first kappa shape index (κ1) is 12.8. The van der Waals surface area contributed by atoms with E-state index in [0.29, 0.717) is 24.5 Å². The van der Waals surface area contributed by atoms with E-state index in [1.54, 1.807) is 13.2 Å². The largest absolute Gasteiger partial charge is 0.495 e. The first-order valence-corrected chi connectivity index (χ1v) is 5.26. The number of anilines is 1. The van der Waals surface area contributed by atoms with Crippen LogP contribution in [0.1, 0.15) is 13.8 Å². The molecule has 3 N–H and O–H groups in total. The Kier molecular flexibility index (Phi) is 4.12. The molecule has 0 aliphatic heterocycles. The Labute approximate surface area is 95.8 Å². The highest BCUT2D eigenvalue weighted by Crippen LogP contribution is 2.26. The molecule has 1 rings (SSSR count). The minimum atomic E-state index is -0.283. The summed E-state index contributed by atoms with van der Waals surface area (Å²) in [5.74, 6) is 0.350. The van der Waals surface area contributed by atoms with Crippen LogP contribution in [0.3, 0.4) is 0 Å². The van der Waals surface area contributed by atoms with Gasteiger partial charge in [-0.3, -0.25) is 0 Å². The van der Waals surface area contributed by atoms with Crippen LogP contribution in [-0.4, -0.2) is 20.2 Å². The maximum atomic E-state index is 13.1. The first-order chi connectivity index (χ1) is 7.48. The molecule has 0 aliphatic carbocycles. The summed E-state index contributed by atoms with van der Waals surface area (Å²) < 4.78 is 18.2. The summed E-state index contributed by atoms with van der Waals surface area (Å²) in [6.07, 6.45) is 0. The van der Waals surface area contributed by atoms with Gasteiger partial charge in [0.2, 0.25) is 0 Å². The van der Waals surface area contributed by atoms with Gasteiger partial charge in [0.15, 0.2) is 0 Å². The van der Waals surface area contributed by atoms with Crippen molar-refractivity contribution in [2.45, 2.75) is 13.8 Å². The molecular formula is C12H19FN2O. The molecule has 1 aromatic rings. The highest BCUT2D eigenvalue weighted by Gasteiger charge is 2.16. The Balaban J connectivity index is 2.76. The summed E-state index contributed by atoms with van der Waals surface area (Å²) in [5, 5.41) is 3.15. The van der Waals surface area contributed by atoms with Crippen molar-refractivity contribution in [2.24, 2.45) is 11.1 Å². The summed E-state index contributed by atoms with van der Waals surface area (Å²) in [6, 6.07) is 4.40. The minimum absolute atomic E-state index is 0.0304. The number of benzene rings is 1. The number of ether oxygens (including phenoxy) is 1. The van der Waals surface area contributed by atoms with Crippen LogP contribution in [-0.2, 0) is 0 Å². The second-order valence-corrected chi connectivity index (χ2v) is 4.57. The molecule has 1 aromatic carbocycles. The van der Waals surface area contributed by atoms with Gasteiger partial charge in [-0.25, -0.2) is 4.39 Å². The van der Waals surface area contributed by atoms with Crippen molar-refractivity contribution in [1.82, 2.24) is 0 Å². The Morgan fingerprint density at radius 1 is 1.44 bits per heavy atom. The van der Waals surface area contributed by atoms with Crippen molar-refractivity contribution < 1.29 is 9.13 Å². The van der Waals surface area contributed by atoms with Crippen molar-refractivity contribution in [2.75, 3.05) is 25.5 Å². The molecule has 0 heterocycles. The molecule has 0 aliphatic rings. The molecule has 90 valence electrons. The van der Waals surface area contributed by atoms with Crippen molar-refractivity contribution >= 4 is 5.69 Å². The fraction of sp³-hybridized carbons (Fsp3) is 0.500. The van der Waals surface area contributed by atoms with Gasteiger partial charge in [-0.15, -0.1) is 0 Å². The molecule has 0 atom stereocenters. The molecule has 0 amide bonds. The van der Waals surface area contributed by atoms with Gasteiger partial charge < -0.3 is 15.8 Å². The summed E-state index contributed by atoms with van der Waals surface area (Å²) in [7, 11) is 1.56. The highest BCUT2D eigenvalue weighted by atomic mass is 19.1. The van der Waals surface area contributed by atoms with Crippen molar-refractivity contribution in [3.8, 4) is 5.75 Å². The van der Waals surface area contributed by atoms with Crippen molar-refractivity contribution in [1.29, 1.82) is 0 Å². The predicted molar refractivity (Wildman–Crippen MR) is 64.3 cm³/mol. The van der Waals surface area contributed by atoms with Gasteiger partial charge in [0.05, 0.1) is 12.8 Å². The monoisotopic (exact) mass is 226 g/mol. The molecular weight excluding hydrogens is 207 g/mol. The summed E-state index contributed by atoms with van der Waals surface area (Å²) in [5.41, 5.74) is 6.25. The Bertz CT molecular complexity index is 353. The number of nitrogens with two attached hydrogens (primary N) is 1. The lowest BCUT2D eigenvalue weighted by Gasteiger charge is -2.24. The van der Waals surface area contributed by atoms with Crippen molar-refractivity contribution in [3.63, 3.8) is 0 Å². The fourth-order valence-corrected chi connectivity index (χ4v) is 1.23. The van der Waals surface area contributed by atoms with E-state index in [4.69, 9.17) is 10.5 Å². The van der Waals surface area contributed by atoms with Gasteiger partial charge in [0.25, 0.3) is 0 Å². The van der Waals surface area contributed by atoms with E-state index < -0.39 is 0 Å². The number of halogens is 1. The lowest BCUT2D eigenvalue weighted by Crippen LogP contribution is -2.31. The molecule has 0 radical (unpaired) electrons. The zero-order valence-electron chi connectivity index (χ0n) is 10.0. The van der Waals surface area contributed by atoms with Crippen LogP contribution in [0.25, 0.3) is 0 Å². The standard InChI is InChI=1S/C12H19FN2O/c1-12(2,7-14)8-15-10-6-9(13)4-5-11(10)16-3/h4-6,15H,7-8,14H2,1-3H3. The van der Waals surface area contributed by atoms with Crippen LogP contribution in [0.4, 0.5) is 10.1 Å². The third-order valence-corrected chi connectivity index (χ3v) is 2.47. The maximum Gasteiger partial charge on any atom is 0.142 e. The molecule has 0 bridgehead atoms. The van der Waals surface area contributed by atoms with Crippen LogP contribution in [0.2, 0.25) is 0 Å². The van der Waals surface area contributed by atoms with Gasteiger partial charge in [0.1, 0.15) is 11.6 Å². The van der Waals surface area contributed by atoms with Crippen LogP contribution >= 0.6 is 0 Å². The number of rotatable bonds is 5. The Hall–Kier alpha value is -1.29. The number of hydrogen-bond donors (Lipinski definition) is 2. The smallest absolute Gasteiger partial charge is 0.142 e. The van der Waals surface area contributed by atoms with E-state index in [9.17, 15) is 4.39 Å².